The molecule has 0 spiro atoms. The van der Waals surface area contributed by atoms with Crippen molar-refractivity contribution >= 4 is 12.0 Å². The van der Waals surface area contributed by atoms with Crippen molar-refractivity contribution in [3.05, 3.63) is 65.5 Å². The molecule has 1 aromatic carbocycles. The number of aromatic nitrogens is 6. The summed E-state index contributed by atoms with van der Waals surface area (Å²) in [6, 6.07) is 7.04. The van der Waals surface area contributed by atoms with E-state index in [9.17, 15) is 13.2 Å². The number of ether oxygens (including phenoxy) is 2. The number of nitrogens with one attached hydrogen (secondary N) is 2. The molecule has 0 aliphatic heterocycles. The van der Waals surface area contributed by atoms with Crippen LogP contribution in [0.5, 0.6) is 5.88 Å². The topological polar surface area (TPSA) is 124 Å². The molecule has 208 valence electrons. The second kappa shape index (κ2) is 11.4. The molecule has 13 heteroatoms. The quantitative estimate of drug-likeness (QED) is 0.200. The van der Waals surface area contributed by atoms with Crippen LogP contribution in [0.15, 0.2) is 43.0 Å². The van der Waals surface area contributed by atoms with Gasteiger partial charge in [-0.05, 0) is 18.4 Å². The summed E-state index contributed by atoms with van der Waals surface area (Å²) >= 11 is 0. The Morgan fingerprint density at radius 1 is 1.10 bits per heavy atom. The molecule has 1 aliphatic rings. The van der Waals surface area contributed by atoms with Gasteiger partial charge in [0.1, 0.15) is 30.1 Å². The fourth-order valence-corrected chi connectivity index (χ4v) is 4.18. The molecule has 1 aliphatic carbocycles. The molecule has 4 aromatic rings. The first kappa shape index (κ1) is 27.2. The first-order chi connectivity index (χ1) is 19.3. The van der Waals surface area contributed by atoms with Crippen LogP contribution in [0.25, 0.3) is 22.8 Å². The van der Waals surface area contributed by atoms with Gasteiger partial charge in [-0.15, -0.1) is 0 Å². The van der Waals surface area contributed by atoms with E-state index in [1.54, 1.807) is 37.6 Å². The highest BCUT2D eigenvalue weighted by Crippen LogP contribution is 2.45. The number of aryl methyl sites for hydroxylation is 1. The maximum Gasteiger partial charge on any atom is 0.434 e. The van der Waals surface area contributed by atoms with Gasteiger partial charge in [0, 0.05) is 50.8 Å². The van der Waals surface area contributed by atoms with Gasteiger partial charge in [-0.3, -0.25) is 0 Å². The molecule has 40 heavy (non-hydrogen) atoms. The molecule has 3 heterocycles. The van der Waals surface area contributed by atoms with Crippen molar-refractivity contribution in [3.8, 4) is 28.7 Å². The molecule has 0 unspecified atom stereocenters. The fourth-order valence-electron chi connectivity index (χ4n) is 4.18. The van der Waals surface area contributed by atoms with Gasteiger partial charge in [0.2, 0.25) is 5.88 Å². The first-order valence-electron chi connectivity index (χ1n) is 12.6. The number of benzene rings is 1. The molecule has 0 bridgehead atoms. The largest absolute Gasteiger partial charge is 0.475 e. The van der Waals surface area contributed by atoms with E-state index in [0.717, 1.165) is 36.5 Å². The van der Waals surface area contributed by atoms with Crippen LogP contribution < -0.4 is 10.1 Å². The Morgan fingerprint density at radius 2 is 1.88 bits per heavy atom. The normalized spacial score (nSPS) is 13.3. The van der Waals surface area contributed by atoms with E-state index in [4.69, 9.17) is 19.9 Å². The molecule has 0 amide bonds. The zero-order valence-corrected chi connectivity index (χ0v) is 21.9. The number of anilines is 1. The maximum atomic E-state index is 13.0. The van der Waals surface area contributed by atoms with Crippen molar-refractivity contribution in [1.29, 1.82) is 5.41 Å². The van der Waals surface area contributed by atoms with Gasteiger partial charge < -0.3 is 24.8 Å². The monoisotopic (exact) mass is 552 g/mol. The Balaban J connectivity index is 1.38. The number of rotatable bonds is 11. The minimum Gasteiger partial charge on any atom is -0.475 e. The van der Waals surface area contributed by atoms with Crippen molar-refractivity contribution < 1.29 is 22.6 Å². The number of hydrogen-bond acceptors (Lipinski definition) is 9. The molecule has 0 radical (unpaired) electrons. The Morgan fingerprint density at radius 3 is 2.52 bits per heavy atom. The number of halogens is 3. The van der Waals surface area contributed by atoms with Gasteiger partial charge in [0.15, 0.2) is 11.5 Å². The highest BCUT2D eigenvalue weighted by molar-refractivity contribution is 5.84. The number of methoxy groups -OCH3 is 1. The third-order valence-electron chi connectivity index (χ3n) is 6.37. The lowest BCUT2D eigenvalue weighted by Crippen LogP contribution is -2.10. The third-order valence-corrected chi connectivity index (χ3v) is 6.37. The second-order valence-electron chi connectivity index (χ2n) is 9.31. The summed E-state index contributed by atoms with van der Waals surface area (Å²) in [7, 11) is 3.12. The van der Waals surface area contributed by atoms with E-state index >= 15 is 0 Å². The average molecular weight is 553 g/mol. The van der Waals surface area contributed by atoms with E-state index in [1.807, 2.05) is 0 Å². The summed E-state index contributed by atoms with van der Waals surface area (Å²) < 4.78 is 51.4. The summed E-state index contributed by atoms with van der Waals surface area (Å²) in [5.74, 6) is 1.71. The van der Waals surface area contributed by atoms with E-state index in [2.05, 4.69) is 25.3 Å². The number of nitrogens with zero attached hydrogens (tertiary/aromatic N) is 6. The van der Waals surface area contributed by atoms with Gasteiger partial charge in [-0.2, -0.15) is 13.2 Å². The second-order valence-corrected chi connectivity index (χ2v) is 9.31. The van der Waals surface area contributed by atoms with Crippen LogP contribution in [-0.2, 0) is 24.5 Å². The van der Waals surface area contributed by atoms with E-state index in [-0.39, 0.29) is 11.7 Å². The average Bonchev–Trinajstić information content (AvgIpc) is 3.72. The van der Waals surface area contributed by atoms with Crippen molar-refractivity contribution in [2.45, 2.75) is 31.5 Å². The number of alkyl halides is 3. The summed E-state index contributed by atoms with van der Waals surface area (Å²) in [6.07, 6.45) is 2.68. The van der Waals surface area contributed by atoms with Crippen molar-refractivity contribution in [2.75, 3.05) is 25.6 Å². The molecule has 1 fully saturated rings. The Kier molecular flexibility index (Phi) is 7.74. The summed E-state index contributed by atoms with van der Waals surface area (Å²) in [6.45, 7) is 1.05. The van der Waals surface area contributed by atoms with Crippen LogP contribution in [0.4, 0.5) is 19.0 Å². The molecule has 10 nitrogen and oxygen atoms in total. The molecular weight excluding hydrogens is 525 g/mol. The van der Waals surface area contributed by atoms with Crippen molar-refractivity contribution in [3.63, 3.8) is 0 Å². The zero-order valence-electron chi connectivity index (χ0n) is 21.9. The third kappa shape index (κ3) is 5.93. The predicted octanol–water partition coefficient (Wildman–Crippen LogP) is 4.87. The summed E-state index contributed by atoms with van der Waals surface area (Å²) in [4.78, 5) is 21.7. The van der Waals surface area contributed by atoms with Gasteiger partial charge in [-0.25, -0.2) is 24.9 Å². The Bertz CT molecular complexity index is 1500. The summed E-state index contributed by atoms with van der Waals surface area (Å²) in [5, 5.41) is 11.1. The van der Waals surface area contributed by atoms with Gasteiger partial charge in [0.25, 0.3) is 0 Å². The lowest BCUT2D eigenvalue weighted by atomic mass is 10.1. The standard InChI is InChI=1S/C27H27F3N8O2/c1-38-14-20(27(28,29)30)36-25(38)18-5-3-16(4-6-18)12-32-23-19(11-31)13-33-24(37-23)21-22(17-7-8-17)34-15-35-26(21)40-10-9-39-2/h3-6,11,13-15,17,31H,7-10,12H2,1-2H3,(H,32,33,37). The molecule has 3 aromatic heterocycles. The SMILES string of the molecule is COCCOc1ncnc(C2CC2)c1-c1ncc(C=N)c(NCc2ccc(-c3nc(C(F)(F)F)cn3C)cc2)n1. The predicted molar refractivity (Wildman–Crippen MR) is 141 cm³/mol. The van der Waals surface area contributed by atoms with Crippen LogP contribution in [0.1, 0.15) is 41.3 Å². The molecule has 2 N–H and O–H groups in total. The minimum absolute atomic E-state index is 0.221. The summed E-state index contributed by atoms with van der Waals surface area (Å²) in [5.41, 5.74) is 2.42. The van der Waals surface area contributed by atoms with Crippen LogP contribution in [0.3, 0.4) is 0 Å². The molecular formula is C27H27F3N8O2. The fraction of sp³-hybridized carbons (Fsp3) is 0.333. The van der Waals surface area contributed by atoms with E-state index in [0.29, 0.717) is 54.0 Å². The zero-order chi connectivity index (χ0) is 28.3. The lowest BCUT2D eigenvalue weighted by molar-refractivity contribution is -0.140. The van der Waals surface area contributed by atoms with Gasteiger partial charge >= 0.3 is 6.18 Å². The van der Waals surface area contributed by atoms with Crippen molar-refractivity contribution in [1.82, 2.24) is 29.5 Å². The van der Waals surface area contributed by atoms with Crippen molar-refractivity contribution in [2.24, 2.45) is 7.05 Å². The van der Waals surface area contributed by atoms with E-state index in [1.165, 1.54) is 17.9 Å². The van der Waals surface area contributed by atoms with E-state index < -0.39 is 11.9 Å². The number of imidazole rings is 1. The highest BCUT2D eigenvalue weighted by Gasteiger charge is 2.34. The molecule has 0 atom stereocenters. The lowest BCUT2D eigenvalue weighted by Gasteiger charge is -2.14. The Hall–Kier alpha value is -4.39. The maximum absolute atomic E-state index is 13.0. The Labute approximate surface area is 228 Å². The van der Waals surface area contributed by atoms with Crippen LogP contribution in [0, 0.1) is 5.41 Å². The molecule has 0 saturated heterocycles. The minimum atomic E-state index is -4.51. The highest BCUT2D eigenvalue weighted by atomic mass is 19.4. The van der Waals surface area contributed by atoms with Crippen LogP contribution in [-0.4, -0.2) is 56.0 Å². The van der Waals surface area contributed by atoms with Crippen LogP contribution in [0.2, 0.25) is 0 Å². The van der Waals surface area contributed by atoms with Gasteiger partial charge in [-0.1, -0.05) is 24.3 Å². The number of hydrogen-bond donors (Lipinski definition) is 2. The first-order valence-corrected chi connectivity index (χ1v) is 12.6. The molecule has 1 saturated carbocycles. The molecule has 5 rings (SSSR count). The van der Waals surface area contributed by atoms with Gasteiger partial charge in [0.05, 0.1) is 17.9 Å². The van der Waals surface area contributed by atoms with Crippen LogP contribution >= 0.6 is 0 Å². The smallest absolute Gasteiger partial charge is 0.434 e.